The van der Waals surface area contributed by atoms with Crippen LogP contribution in [0, 0.1) is 0 Å². The highest BCUT2D eigenvalue weighted by atomic mass is 16.5. The molecule has 148 valence electrons. The monoisotopic (exact) mass is 391 g/mol. The minimum absolute atomic E-state index is 0.165. The van der Waals surface area contributed by atoms with Crippen LogP contribution in [-0.2, 0) is 6.54 Å². The van der Waals surface area contributed by atoms with Gasteiger partial charge in [0.15, 0.2) is 11.4 Å². The number of benzene rings is 1. The van der Waals surface area contributed by atoms with Crippen LogP contribution in [0.4, 0.5) is 0 Å². The Morgan fingerprint density at radius 3 is 3.10 bits per heavy atom. The lowest BCUT2D eigenvalue weighted by Crippen LogP contribution is -2.26. The Bertz CT molecular complexity index is 1140. The quantitative estimate of drug-likeness (QED) is 0.656. The number of Topliss-reactive ketones (excluding diaryl/α,β-unsaturated/α-hetero) is 1. The van der Waals surface area contributed by atoms with Gasteiger partial charge in [-0.3, -0.25) is 14.8 Å². The summed E-state index contributed by atoms with van der Waals surface area (Å²) in [5, 5.41) is 7.96. The van der Waals surface area contributed by atoms with Crippen molar-refractivity contribution in [3.05, 3.63) is 53.0 Å². The molecule has 1 saturated heterocycles. The van der Waals surface area contributed by atoms with Gasteiger partial charge >= 0.3 is 0 Å². The normalized spacial score (nSPS) is 20.4. The number of hydrogen-bond acceptors (Lipinski definition) is 7. The van der Waals surface area contributed by atoms with Gasteiger partial charge in [-0.05, 0) is 30.7 Å². The summed E-state index contributed by atoms with van der Waals surface area (Å²) in [6, 6.07) is 7.48. The third-order valence-corrected chi connectivity index (χ3v) is 5.44. The Labute approximate surface area is 167 Å². The van der Waals surface area contributed by atoms with Crippen molar-refractivity contribution in [3.63, 3.8) is 0 Å². The molecule has 1 aromatic carbocycles. The number of ether oxygens (including phenoxy) is 2. The molecular weight excluding hydrogens is 370 g/mol. The van der Waals surface area contributed by atoms with Crippen molar-refractivity contribution in [3.8, 4) is 11.5 Å². The number of fused-ring (bicyclic) bond motifs is 2. The Balaban J connectivity index is 1.52. The van der Waals surface area contributed by atoms with Crippen LogP contribution in [0.15, 0.2) is 36.2 Å². The van der Waals surface area contributed by atoms with Crippen LogP contribution in [0.2, 0.25) is 0 Å². The molecule has 0 spiro atoms. The fourth-order valence-electron chi connectivity index (χ4n) is 3.97. The average molecular weight is 391 g/mol. The maximum Gasteiger partial charge on any atom is 0.232 e. The number of allylic oxidation sites excluding steroid dienone is 1. The summed E-state index contributed by atoms with van der Waals surface area (Å²) >= 11 is 0. The van der Waals surface area contributed by atoms with Crippen molar-refractivity contribution in [2.45, 2.75) is 19.0 Å². The number of ketones is 1. The number of nitrogens with two attached hydrogens (primary N) is 1. The summed E-state index contributed by atoms with van der Waals surface area (Å²) in [6.07, 6.45) is 4.31. The fourth-order valence-corrected chi connectivity index (χ4v) is 3.97. The van der Waals surface area contributed by atoms with E-state index in [0.29, 0.717) is 34.9 Å². The SMILES string of the molecule is COc1ccc2c(c1CN1CC[C@H](N)C1)OC(=Cc1n[nH]c3ncccc13)C2=O. The van der Waals surface area contributed by atoms with E-state index >= 15 is 0 Å². The van der Waals surface area contributed by atoms with Gasteiger partial charge in [0.25, 0.3) is 0 Å². The zero-order chi connectivity index (χ0) is 20.0. The van der Waals surface area contributed by atoms with Gasteiger partial charge in [-0.2, -0.15) is 5.10 Å². The summed E-state index contributed by atoms with van der Waals surface area (Å²) < 4.78 is 11.6. The third kappa shape index (κ3) is 3.06. The fraction of sp³-hybridized carbons (Fsp3) is 0.286. The Hall–Kier alpha value is -3.23. The second-order valence-electron chi connectivity index (χ2n) is 7.36. The lowest BCUT2D eigenvalue weighted by atomic mass is 10.0. The van der Waals surface area contributed by atoms with E-state index in [1.165, 1.54) is 0 Å². The molecule has 0 saturated carbocycles. The van der Waals surface area contributed by atoms with E-state index < -0.39 is 0 Å². The highest BCUT2D eigenvalue weighted by Crippen LogP contribution is 2.41. The van der Waals surface area contributed by atoms with Gasteiger partial charge in [-0.15, -0.1) is 0 Å². The second-order valence-corrected chi connectivity index (χ2v) is 7.36. The van der Waals surface area contributed by atoms with Crippen molar-refractivity contribution in [1.29, 1.82) is 0 Å². The number of H-pyrrole nitrogens is 1. The number of nitrogens with zero attached hydrogens (tertiary/aromatic N) is 3. The van der Waals surface area contributed by atoms with E-state index in [4.69, 9.17) is 15.2 Å². The van der Waals surface area contributed by atoms with Gasteiger partial charge < -0.3 is 15.2 Å². The summed E-state index contributed by atoms with van der Waals surface area (Å²) in [4.78, 5) is 19.5. The van der Waals surface area contributed by atoms with Crippen LogP contribution in [0.1, 0.15) is 28.0 Å². The van der Waals surface area contributed by atoms with Crippen molar-refractivity contribution >= 4 is 22.9 Å². The van der Waals surface area contributed by atoms with Crippen molar-refractivity contribution in [2.75, 3.05) is 20.2 Å². The van der Waals surface area contributed by atoms with Crippen LogP contribution >= 0.6 is 0 Å². The Morgan fingerprint density at radius 1 is 1.41 bits per heavy atom. The minimum Gasteiger partial charge on any atom is -0.496 e. The molecule has 1 atom stereocenters. The third-order valence-electron chi connectivity index (χ3n) is 5.44. The maximum atomic E-state index is 13.0. The summed E-state index contributed by atoms with van der Waals surface area (Å²) in [6.45, 7) is 2.35. The van der Waals surface area contributed by atoms with Crippen LogP contribution in [0.25, 0.3) is 17.1 Å². The molecule has 0 radical (unpaired) electrons. The number of methoxy groups -OCH3 is 1. The lowest BCUT2D eigenvalue weighted by Gasteiger charge is -2.19. The molecule has 5 rings (SSSR count). The largest absolute Gasteiger partial charge is 0.496 e. The van der Waals surface area contributed by atoms with E-state index in [-0.39, 0.29) is 17.6 Å². The van der Waals surface area contributed by atoms with Crippen LogP contribution in [-0.4, -0.2) is 52.1 Å². The number of likely N-dealkylation sites (tertiary alicyclic amines) is 1. The zero-order valence-electron chi connectivity index (χ0n) is 16.0. The minimum atomic E-state index is -0.165. The molecule has 8 heteroatoms. The molecule has 29 heavy (non-hydrogen) atoms. The summed E-state index contributed by atoms with van der Waals surface area (Å²) in [5.41, 5.74) is 8.72. The van der Waals surface area contributed by atoms with Gasteiger partial charge in [0.1, 0.15) is 11.5 Å². The molecule has 2 aliphatic rings. The number of rotatable bonds is 4. The lowest BCUT2D eigenvalue weighted by molar-refractivity contribution is 0.101. The van der Waals surface area contributed by atoms with Crippen LogP contribution in [0.3, 0.4) is 0 Å². The van der Waals surface area contributed by atoms with E-state index in [1.54, 1.807) is 25.4 Å². The molecular formula is C21H21N5O3. The number of pyridine rings is 1. The molecule has 4 heterocycles. The van der Waals surface area contributed by atoms with Crippen molar-refractivity contribution in [2.24, 2.45) is 5.73 Å². The van der Waals surface area contributed by atoms with E-state index in [2.05, 4.69) is 20.1 Å². The molecule has 8 nitrogen and oxygen atoms in total. The molecule has 0 unspecified atom stereocenters. The first-order chi connectivity index (χ1) is 14.1. The smallest absolute Gasteiger partial charge is 0.232 e. The van der Waals surface area contributed by atoms with Gasteiger partial charge in [0.05, 0.1) is 23.9 Å². The number of aromatic amines is 1. The molecule has 2 aromatic heterocycles. The van der Waals surface area contributed by atoms with Gasteiger partial charge in [0, 0.05) is 43.3 Å². The van der Waals surface area contributed by atoms with Gasteiger partial charge in [-0.25, -0.2) is 4.98 Å². The second kappa shape index (κ2) is 6.98. The molecule has 3 N–H and O–H groups in total. The summed E-state index contributed by atoms with van der Waals surface area (Å²) in [5.74, 6) is 1.33. The van der Waals surface area contributed by atoms with E-state index in [0.717, 1.165) is 30.5 Å². The number of carbonyl (C=O) groups excluding carboxylic acids is 1. The van der Waals surface area contributed by atoms with E-state index in [1.807, 2.05) is 18.2 Å². The first kappa shape index (κ1) is 17.8. The first-order valence-corrected chi connectivity index (χ1v) is 9.55. The molecule has 2 aliphatic heterocycles. The van der Waals surface area contributed by atoms with Crippen molar-refractivity contribution in [1.82, 2.24) is 20.1 Å². The summed E-state index contributed by atoms with van der Waals surface area (Å²) in [7, 11) is 1.62. The Kier molecular flexibility index (Phi) is 4.30. The molecule has 1 fully saturated rings. The average Bonchev–Trinajstić information content (AvgIpc) is 3.42. The van der Waals surface area contributed by atoms with Gasteiger partial charge in [0.2, 0.25) is 5.78 Å². The molecule has 0 amide bonds. The van der Waals surface area contributed by atoms with E-state index in [9.17, 15) is 4.79 Å². The number of aromatic nitrogens is 3. The molecule has 0 aliphatic carbocycles. The highest BCUT2D eigenvalue weighted by Gasteiger charge is 2.33. The molecule has 3 aromatic rings. The highest BCUT2D eigenvalue weighted by molar-refractivity contribution is 6.15. The predicted molar refractivity (Wildman–Crippen MR) is 108 cm³/mol. The van der Waals surface area contributed by atoms with Gasteiger partial charge in [-0.1, -0.05) is 0 Å². The molecule has 0 bridgehead atoms. The zero-order valence-corrected chi connectivity index (χ0v) is 16.0. The van der Waals surface area contributed by atoms with Crippen molar-refractivity contribution < 1.29 is 14.3 Å². The number of carbonyl (C=O) groups is 1. The number of nitrogens with one attached hydrogen (secondary N) is 1. The standard InChI is InChI=1S/C21H21N5O3/c1-28-17-5-4-14-19(27)18(9-16-13-3-2-7-23-21(13)25-24-16)29-20(14)15(17)11-26-8-6-12(22)10-26/h2-5,7,9,12H,6,8,10-11,22H2,1H3,(H,23,24,25)/t12-/m0/s1. The topological polar surface area (TPSA) is 106 Å². The number of hydrogen-bond donors (Lipinski definition) is 2. The van der Waals surface area contributed by atoms with Crippen LogP contribution < -0.4 is 15.2 Å². The first-order valence-electron chi connectivity index (χ1n) is 9.55. The predicted octanol–water partition coefficient (Wildman–Crippen LogP) is 2.12. The Morgan fingerprint density at radius 2 is 2.31 bits per heavy atom. The maximum absolute atomic E-state index is 13.0. The van der Waals surface area contributed by atoms with Crippen LogP contribution in [0.5, 0.6) is 11.5 Å².